The van der Waals surface area contributed by atoms with E-state index in [1.807, 2.05) is 27.2 Å². The average Bonchev–Trinajstić information content (AvgIpc) is 3.31. The lowest BCUT2D eigenvalue weighted by atomic mass is 10.0. The van der Waals surface area contributed by atoms with E-state index in [0.29, 0.717) is 17.4 Å². The van der Waals surface area contributed by atoms with Gasteiger partial charge in [0.25, 0.3) is 7.82 Å². The first-order valence-electron chi connectivity index (χ1n) is 28.4. The predicted octanol–water partition coefficient (Wildman–Crippen LogP) is 16.6. The number of phosphoric ester groups is 1. The number of unbranched alkanes of at least 4 members (excludes halogenated alkanes) is 26. The van der Waals surface area contributed by atoms with Crippen LogP contribution in [-0.2, 0) is 18.4 Å². The molecule has 69 heavy (non-hydrogen) atoms. The number of carbonyl (C=O) groups excluding carboxylic acids is 1. The Morgan fingerprint density at radius 1 is 0.522 bits per heavy atom. The number of nitrogens with one attached hydrogen (secondary N) is 1. The van der Waals surface area contributed by atoms with Gasteiger partial charge in [-0.05, 0) is 77.0 Å². The second kappa shape index (κ2) is 50.6. The van der Waals surface area contributed by atoms with Gasteiger partial charge in [-0.15, -0.1) is 0 Å². The number of quaternary nitrogens is 1. The van der Waals surface area contributed by atoms with Crippen molar-refractivity contribution >= 4 is 13.7 Å². The number of rotatable bonds is 51. The maximum Gasteiger partial charge on any atom is 0.268 e. The predicted molar refractivity (Wildman–Crippen MR) is 297 cm³/mol. The zero-order valence-electron chi connectivity index (χ0n) is 45.5. The van der Waals surface area contributed by atoms with Gasteiger partial charge in [-0.1, -0.05) is 240 Å². The molecule has 9 heteroatoms. The number of nitrogens with zero attached hydrogens (tertiary/aromatic N) is 1. The molecule has 0 aromatic heterocycles. The maximum atomic E-state index is 13.0. The van der Waals surface area contributed by atoms with E-state index in [4.69, 9.17) is 9.05 Å². The molecule has 0 spiro atoms. The third-order valence-corrected chi connectivity index (χ3v) is 13.3. The molecule has 0 bridgehead atoms. The summed E-state index contributed by atoms with van der Waals surface area (Å²) in [6.07, 6.45) is 70.8. The van der Waals surface area contributed by atoms with Crippen molar-refractivity contribution in [3.63, 3.8) is 0 Å². The van der Waals surface area contributed by atoms with E-state index in [2.05, 4.69) is 92.1 Å². The zero-order valence-corrected chi connectivity index (χ0v) is 46.4. The van der Waals surface area contributed by atoms with Crippen molar-refractivity contribution in [2.45, 2.75) is 251 Å². The van der Waals surface area contributed by atoms with Gasteiger partial charge in [0.15, 0.2) is 0 Å². The van der Waals surface area contributed by atoms with Gasteiger partial charge in [-0.2, -0.15) is 0 Å². The summed E-state index contributed by atoms with van der Waals surface area (Å²) in [5, 5.41) is 13.9. The summed E-state index contributed by atoms with van der Waals surface area (Å²) >= 11 is 0. The summed E-state index contributed by atoms with van der Waals surface area (Å²) < 4.78 is 23.3. The van der Waals surface area contributed by atoms with Crippen molar-refractivity contribution in [3.8, 4) is 0 Å². The van der Waals surface area contributed by atoms with Gasteiger partial charge in [-0.3, -0.25) is 9.36 Å². The lowest BCUT2D eigenvalue weighted by Gasteiger charge is -2.29. The number of aliphatic hydroxyl groups is 1. The minimum absolute atomic E-state index is 0.00943. The number of hydrogen-bond donors (Lipinski definition) is 2. The van der Waals surface area contributed by atoms with Crippen LogP contribution in [0.1, 0.15) is 239 Å². The molecule has 0 aliphatic carbocycles. The summed E-state index contributed by atoms with van der Waals surface area (Å²) in [4.78, 5) is 25.5. The molecule has 1 amide bonds. The van der Waals surface area contributed by atoms with Gasteiger partial charge in [0, 0.05) is 6.42 Å². The molecular weight excluding hydrogens is 876 g/mol. The first-order chi connectivity index (χ1) is 33.5. The number of aliphatic hydroxyl groups excluding tert-OH is 1. The van der Waals surface area contributed by atoms with Crippen molar-refractivity contribution in [3.05, 3.63) is 85.1 Å². The highest BCUT2D eigenvalue weighted by Gasteiger charge is 2.23. The fourth-order valence-corrected chi connectivity index (χ4v) is 8.62. The number of carbonyl (C=O) groups is 1. The number of allylic oxidation sites excluding steroid dienone is 13. The molecule has 3 atom stereocenters. The van der Waals surface area contributed by atoms with E-state index in [9.17, 15) is 19.4 Å². The number of phosphoric acid groups is 1. The SMILES string of the molecule is CC/C=C\C/C=C\C/C=C\C/C=C\C/C=C\CCCCCCCCCCCCCCCC(=O)NC(COP(=O)([O-])OCC[N+](C)(C)C)C(O)/C=C/CC/C=C/CCCCCCCCCCCCCC. The van der Waals surface area contributed by atoms with Crippen LogP contribution in [-0.4, -0.2) is 68.5 Å². The van der Waals surface area contributed by atoms with Gasteiger partial charge in [0.05, 0.1) is 39.9 Å². The molecule has 0 aliphatic rings. The number of hydrogen-bond acceptors (Lipinski definition) is 6. The maximum absolute atomic E-state index is 13.0. The molecule has 0 heterocycles. The summed E-state index contributed by atoms with van der Waals surface area (Å²) in [6.45, 7) is 4.52. The van der Waals surface area contributed by atoms with Crippen LogP contribution in [0.5, 0.6) is 0 Å². The first-order valence-corrected chi connectivity index (χ1v) is 29.9. The fourth-order valence-electron chi connectivity index (χ4n) is 7.90. The molecule has 400 valence electrons. The van der Waals surface area contributed by atoms with Crippen LogP contribution in [0.4, 0.5) is 0 Å². The minimum atomic E-state index is -4.61. The van der Waals surface area contributed by atoms with Crippen LogP contribution in [0, 0.1) is 0 Å². The molecule has 0 radical (unpaired) electrons. The van der Waals surface area contributed by atoms with Gasteiger partial charge < -0.3 is 28.8 Å². The van der Waals surface area contributed by atoms with Crippen LogP contribution in [0.25, 0.3) is 0 Å². The van der Waals surface area contributed by atoms with Crippen molar-refractivity contribution in [1.82, 2.24) is 5.32 Å². The quantitative estimate of drug-likeness (QED) is 0.0272. The summed E-state index contributed by atoms with van der Waals surface area (Å²) in [6, 6.07) is -0.908. The molecule has 0 aliphatic heterocycles. The molecular formula is C60H109N2O6P. The standard InChI is InChI=1S/C60H109N2O6P/c1-6-8-10-12-14-16-18-20-22-24-26-27-28-29-30-31-32-33-34-35-36-38-40-42-44-46-48-50-52-54-60(64)61-58(57-68-69(65,66)67-56-55-62(3,4)5)59(63)53-51-49-47-45-43-41-39-37-25-23-21-19-17-15-13-11-9-7-2/h8,10,14,16,20,22,26-27,29-30,43,45,51,53,58-59,63H,6-7,9,11-13,15,17-19,21,23-25,28,31-42,44,46-50,52,54-57H2,1-5H3,(H-,61,64,65,66)/b10-8-,16-14-,22-20-,27-26-,30-29-,45-43+,53-51+. The molecule has 2 N–H and O–H groups in total. The molecule has 0 fully saturated rings. The Bertz CT molecular complexity index is 1400. The van der Waals surface area contributed by atoms with Gasteiger partial charge in [0.1, 0.15) is 13.2 Å². The van der Waals surface area contributed by atoms with Gasteiger partial charge >= 0.3 is 0 Å². The van der Waals surface area contributed by atoms with Gasteiger partial charge in [0.2, 0.25) is 5.91 Å². The molecule has 0 saturated carbocycles. The van der Waals surface area contributed by atoms with E-state index in [-0.39, 0.29) is 12.5 Å². The third-order valence-electron chi connectivity index (χ3n) is 12.3. The second-order valence-corrected chi connectivity index (χ2v) is 21.7. The average molecular weight is 986 g/mol. The van der Waals surface area contributed by atoms with Crippen LogP contribution < -0.4 is 10.2 Å². The Balaban J connectivity index is 4.22. The highest BCUT2D eigenvalue weighted by Crippen LogP contribution is 2.38. The summed E-state index contributed by atoms with van der Waals surface area (Å²) in [7, 11) is 1.24. The molecule has 0 aromatic carbocycles. The van der Waals surface area contributed by atoms with Crippen LogP contribution >= 0.6 is 7.82 Å². The summed E-state index contributed by atoms with van der Waals surface area (Å²) in [5.74, 6) is -0.211. The van der Waals surface area contributed by atoms with Crippen LogP contribution in [0.3, 0.4) is 0 Å². The Labute approximate surface area is 426 Å². The topological polar surface area (TPSA) is 108 Å². The molecule has 0 saturated heterocycles. The van der Waals surface area contributed by atoms with Crippen molar-refractivity contribution in [2.75, 3.05) is 40.9 Å². The molecule has 0 rings (SSSR count). The van der Waals surface area contributed by atoms with E-state index < -0.39 is 26.6 Å². The summed E-state index contributed by atoms with van der Waals surface area (Å²) in [5.41, 5.74) is 0. The second-order valence-electron chi connectivity index (χ2n) is 20.3. The normalized spacial score (nSPS) is 14.6. The van der Waals surface area contributed by atoms with E-state index in [1.165, 1.54) is 148 Å². The molecule has 0 aromatic rings. The van der Waals surface area contributed by atoms with Crippen LogP contribution in [0.2, 0.25) is 0 Å². The highest BCUT2D eigenvalue weighted by atomic mass is 31.2. The largest absolute Gasteiger partial charge is 0.756 e. The lowest BCUT2D eigenvalue weighted by molar-refractivity contribution is -0.870. The monoisotopic (exact) mass is 985 g/mol. The highest BCUT2D eigenvalue weighted by molar-refractivity contribution is 7.45. The first kappa shape index (κ1) is 66.7. The number of amides is 1. The van der Waals surface area contributed by atoms with Crippen molar-refractivity contribution < 1.29 is 32.9 Å². The van der Waals surface area contributed by atoms with Crippen molar-refractivity contribution in [1.29, 1.82) is 0 Å². The minimum Gasteiger partial charge on any atom is -0.756 e. The van der Waals surface area contributed by atoms with Crippen molar-refractivity contribution in [2.24, 2.45) is 0 Å². The molecule has 3 unspecified atom stereocenters. The van der Waals surface area contributed by atoms with Crippen LogP contribution in [0.15, 0.2) is 85.1 Å². The zero-order chi connectivity index (χ0) is 50.6. The smallest absolute Gasteiger partial charge is 0.268 e. The Morgan fingerprint density at radius 2 is 0.899 bits per heavy atom. The van der Waals surface area contributed by atoms with Gasteiger partial charge in [-0.25, -0.2) is 0 Å². The third kappa shape index (κ3) is 53.3. The van der Waals surface area contributed by atoms with E-state index in [1.54, 1.807) is 6.08 Å². The Morgan fingerprint density at radius 3 is 1.35 bits per heavy atom. The Kier molecular flexibility index (Phi) is 48.9. The molecule has 8 nitrogen and oxygen atoms in total. The number of likely N-dealkylation sites (N-methyl/N-ethyl adjacent to an activating group) is 1. The fraction of sp³-hybridized carbons (Fsp3) is 0.750. The lowest BCUT2D eigenvalue weighted by Crippen LogP contribution is -2.45. The van der Waals surface area contributed by atoms with E-state index in [0.717, 1.165) is 70.6 Å². The van der Waals surface area contributed by atoms with E-state index >= 15 is 0 Å². The Hall–Kier alpha value is -2.32.